The van der Waals surface area contributed by atoms with Crippen molar-refractivity contribution in [2.45, 2.75) is 39.5 Å². The molecular formula is C16H21N5. The first-order valence-corrected chi connectivity index (χ1v) is 7.47. The standard InChI is InChI=1S/C16H21N5/c1-11-7-12(2)20-16(19-11)21-6-4-5-14(10-21)15-9-17-8-13(3)18-15/h7-9,14H,4-6,10H2,1-3H3. The molecule has 3 rings (SSSR count). The van der Waals surface area contributed by atoms with Crippen molar-refractivity contribution in [1.82, 2.24) is 19.9 Å². The number of nitrogens with zero attached hydrogens (tertiary/aromatic N) is 5. The predicted octanol–water partition coefficient (Wildman–Crippen LogP) is 2.58. The number of hydrogen-bond donors (Lipinski definition) is 0. The molecule has 0 spiro atoms. The molecule has 1 aliphatic heterocycles. The predicted molar refractivity (Wildman–Crippen MR) is 82.5 cm³/mol. The van der Waals surface area contributed by atoms with Crippen molar-refractivity contribution in [2.24, 2.45) is 0 Å². The summed E-state index contributed by atoms with van der Waals surface area (Å²) in [6.07, 6.45) is 5.98. The highest BCUT2D eigenvalue weighted by Gasteiger charge is 2.24. The van der Waals surface area contributed by atoms with Crippen molar-refractivity contribution in [3.05, 3.63) is 41.2 Å². The van der Waals surface area contributed by atoms with Gasteiger partial charge in [-0.15, -0.1) is 0 Å². The Kier molecular flexibility index (Phi) is 3.82. The van der Waals surface area contributed by atoms with E-state index in [1.54, 1.807) is 6.20 Å². The van der Waals surface area contributed by atoms with Crippen molar-refractivity contribution < 1.29 is 0 Å². The van der Waals surface area contributed by atoms with E-state index in [4.69, 9.17) is 0 Å². The van der Waals surface area contributed by atoms with Crippen LogP contribution in [0.3, 0.4) is 0 Å². The molecule has 5 heteroatoms. The van der Waals surface area contributed by atoms with Crippen molar-refractivity contribution in [1.29, 1.82) is 0 Å². The molecule has 0 aromatic carbocycles. The molecular weight excluding hydrogens is 262 g/mol. The van der Waals surface area contributed by atoms with E-state index in [1.165, 1.54) is 0 Å². The van der Waals surface area contributed by atoms with Crippen molar-refractivity contribution >= 4 is 5.95 Å². The van der Waals surface area contributed by atoms with Crippen LogP contribution in [0.25, 0.3) is 0 Å². The highest BCUT2D eigenvalue weighted by atomic mass is 15.3. The number of hydrogen-bond acceptors (Lipinski definition) is 5. The molecule has 1 aliphatic rings. The molecule has 0 N–H and O–H groups in total. The van der Waals surface area contributed by atoms with Gasteiger partial charge in [-0.1, -0.05) is 0 Å². The first kappa shape index (κ1) is 13.9. The zero-order chi connectivity index (χ0) is 14.8. The number of rotatable bonds is 2. The number of aryl methyl sites for hydroxylation is 3. The molecule has 0 aliphatic carbocycles. The van der Waals surface area contributed by atoms with Crippen molar-refractivity contribution in [2.75, 3.05) is 18.0 Å². The highest BCUT2D eigenvalue weighted by molar-refractivity contribution is 5.34. The summed E-state index contributed by atoms with van der Waals surface area (Å²) in [5.41, 5.74) is 4.11. The van der Waals surface area contributed by atoms with Crippen LogP contribution in [0.15, 0.2) is 18.5 Å². The van der Waals surface area contributed by atoms with Gasteiger partial charge in [-0.05, 0) is 39.7 Å². The Hall–Kier alpha value is -2.04. The first-order valence-electron chi connectivity index (χ1n) is 7.47. The fraction of sp³-hybridized carbons (Fsp3) is 0.500. The summed E-state index contributed by atoms with van der Waals surface area (Å²) < 4.78 is 0. The average Bonchev–Trinajstić information content (AvgIpc) is 2.46. The van der Waals surface area contributed by atoms with Gasteiger partial charge in [0.2, 0.25) is 5.95 Å². The smallest absolute Gasteiger partial charge is 0.225 e. The first-order chi connectivity index (χ1) is 10.1. The molecule has 3 heterocycles. The van der Waals surface area contributed by atoms with Crippen LogP contribution in [0.5, 0.6) is 0 Å². The monoisotopic (exact) mass is 283 g/mol. The minimum absolute atomic E-state index is 0.413. The molecule has 2 aromatic rings. The molecule has 0 radical (unpaired) electrons. The van der Waals surface area contributed by atoms with Gasteiger partial charge in [-0.3, -0.25) is 9.97 Å². The SMILES string of the molecule is Cc1cncc(C2CCCN(c3nc(C)cc(C)n3)C2)n1. The highest BCUT2D eigenvalue weighted by Crippen LogP contribution is 2.27. The largest absolute Gasteiger partial charge is 0.340 e. The Bertz CT molecular complexity index is 620. The van der Waals surface area contributed by atoms with E-state index >= 15 is 0 Å². The average molecular weight is 283 g/mol. The third kappa shape index (κ3) is 3.17. The lowest BCUT2D eigenvalue weighted by Crippen LogP contribution is -2.36. The number of piperidine rings is 1. The van der Waals surface area contributed by atoms with Gasteiger partial charge in [-0.25, -0.2) is 9.97 Å². The minimum Gasteiger partial charge on any atom is -0.340 e. The number of aromatic nitrogens is 4. The van der Waals surface area contributed by atoms with Crippen LogP contribution in [-0.2, 0) is 0 Å². The van der Waals surface area contributed by atoms with E-state index in [0.717, 1.165) is 54.7 Å². The van der Waals surface area contributed by atoms with Gasteiger partial charge < -0.3 is 4.90 Å². The van der Waals surface area contributed by atoms with Crippen LogP contribution < -0.4 is 4.90 Å². The van der Waals surface area contributed by atoms with Gasteiger partial charge in [0.05, 0.1) is 11.4 Å². The van der Waals surface area contributed by atoms with Crippen LogP contribution in [0, 0.1) is 20.8 Å². The second kappa shape index (κ2) is 5.76. The maximum atomic E-state index is 4.63. The zero-order valence-corrected chi connectivity index (χ0v) is 12.9. The normalized spacial score (nSPS) is 18.8. The zero-order valence-electron chi connectivity index (χ0n) is 12.9. The summed E-state index contributed by atoms with van der Waals surface area (Å²) >= 11 is 0. The van der Waals surface area contributed by atoms with Crippen LogP contribution in [-0.4, -0.2) is 33.0 Å². The summed E-state index contributed by atoms with van der Waals surface area (Å²) in [6.45, 7) is 7.96. The molecule has 1 atom stereocenters. The van der Waals surface area contributed by atoms with E-state index in [-0.39, 0.29) is 0 Å². The maximum absolute atomic E-state index is 4.63. The van der Waals surface area contributed by atoms with Crippen molar-refractivity contribution in [3.63, 3.8) is 0 Å². The van der Waals surface area contributed by atoms with E-state index in [2.05, 4.69) is 24.8 Å². The van der Waals surface area contributed by atoms with E-state index in [1.807, 2.05) is 33.0 Å². The van der Waals surface area contributed by atoms with Crippen molar-refractivity contribution in [3.8, 4) is 0 Å². The molecule has 5 nitrogen and oxygen atoms in total. The molecule has 110 valence electrons. The summed E-state index contributed by atoms with van der Waals surface area (Å²) in [7, 11) is 0. The van der Waals surface area contributed by atoms with Gasteiger partial charge in [-0.2, -0.15) is 0 Å². The Morgan fingerprint density at radius 3 is 2.48 bits per heavy atom. The fourth-order valence-corrected chi connectivity index (χ4v) is 2.93. The van der Waals surface area contributed by atoms with Crippen LogP contribution in [0.1, 0.15) is 41.5 Å². The fourth-order valence-electron chi connectivity index (χ4n) is 2.93. The second-order valence-electron chi connectivity index (χ2n) is 5.82. The Morgan fingerprint density at radius 1 is 1.00 bits per heavy atom. The maximum Gasteiger partial charge on any atom is 0.225 e. The Labute approximate surface area is 125 Å². The van der Waals surface area contributed by atoms with E-state index in [9.17, 15) is 0 Å². The quantitative estimate of drug-likeness (QED) is 0.848. The van der Waals surface area contributed by atoms with Crippen LogP contribution in [0.2, 0.25) is 0 Å². The van der Waals surface area contributed by atoms with E-state index < -0.39 is 0 Å². The lowest BCUT2D eigenvalue weighted by atomic mass is 9.95. The molecule has 21 heavy (non-hydrogen) atoms. The third-order valence-electron chi connectivity index (χ3n) is 3.87. The topological polar surface area (TPSA) is 54.8 Å². The van der Waals surface area contributed by atoms with E-state index in [0.29, 0.717) is 5.92 Å². The second-order valence-corrected chi connectivity index (χ2v) is 5.82. The van der Waals surface area contributed by atoms with Gasteiger partial charge in [0.15, 0.2) is 0 Å². The summed E-state index contributed by atoms with van der Waals surface area (Å²) in [6, 6.07) is 2.01. The van der Waals surface area contributed by atoms with Gasteiger partial charge in [0.25, 0.3) is 0 Å². The molecule has 2 aromatic heterocycles. The number of anilines is 1. The third-order valence-corrected chi connectivity index (χ3v) is 3.87. The molecule has 1 fully saturated rings. The summed E-state index contributed by atoms with van der Waals surface area (Å²) in [5, 5.41) is 0. The molecule has 0 saturated carbocycles. The van der Waals surface area contributed by atoms with Crippen LogP contribution in [0.4, 0.5) is 5.95 Å². The lowest BCUT2D eigenvalue weighted by molar-refractivity contribution is 0.492. The summed E-state index contributed by atoms with van der Waals surface area (Å²) in [5.74, 6) is 1.26. The summed E-state index contributed by atoms with van der Waals surface area (Å²) in [4.78, 5) is 20.3. The van der Waals surface area contributed by atoms with Gasteiger partial charge >= 0.3 is 0 Å². The lowest BCUT2D eigenvalue weighted by Gasteiger charge is -2.32. The molecule has 0 bridgehead atoms. The van der Waals surface area contributed by atoms with Gasteiger partial charge in [0.1, 0.15) is 0 Å². The van der Waals surface area contributed by atoms with Gasteiger partial charge in [0, 0.05) is 42.8 Å². The molecule has 1 unspecified atom stereocenters. The Balaban J connectivity index is 1.82. The minimum atomic E-state index is 0.413. The van der Waals surface area contributed by atoms with Crippen LogP contribution >= 0.6 is 0 Å². The molecule has 0 amide bonds. The molecule has 1 saturated heterocycles. The Morgan fingerprint density at radius 2 is 1.76 bits per heavy atom.